The van der Waals surface area contributed by atoms with Crippen molar-refractivity contribution in [3.05, 3.63) is 0 Å². The second-order valence-electron chi connectivity index (χ2n) is 5.87. The third-order valence-corrected chi connectivity index (χ3v) is 2.67. The quantitative estimate of drug-likeness (QED) is 0.764. The molecule has 1 rings (SSSR count). The van der Waals surface area contributed by atoms with Gasteiger partial charge < -0.3 is 19.6 Å². The van der Waals surface area contributed by atoms with Gasteiger partial charge in [-0.25, -0.2) is 4.79 Å². The number of rotatable bonds is 5. The topological polar surface area (TPSA) is 64.6 Å². The molecular formula is C13H23NO4. The lowest BCUT2D eigenvalue weighted by molar-refractivity contribution is -0.119. The van der Waals surface area contributed by atoms with E-state index < -0.39 is 11.7 Å². The van der Waals surface area contributed by atoms with Crippen LogP contribution in [0.3, 0.4) is 0 Å². The van der Waals surface area contributed by atoms with Crippen molar-refractivity contribution in [2.75, 3.05) is 6.61 Å². The molecule has 1 amide bonds. The number of carbonyl (C=O) groups is 2. The van der Waals surface area contributed by atoms with E-state index in [0.29, 0.717) is 6.61 Å². The van der Waals surface area contributed by atoms with Crippen LogP contribution in [-0.4, -0.2) is 36.7 Å². The second kappa shape index (κ2) is 6.18. The van der Waals surface area contributed by atoms with Crippen LogP contribution in [0.1, 0.15) is 40.5 Å². The van der Waals surface area contributed by atoms with E-state index in [4.69, 9.17) is 9.47 Å². The smallest absolute Gasteiger partial charge is 0.407 e. The highest BCUT2D eigenvalue weighted by Crippen LogP contribution is 2.28. The molecule has 0 spiro atoms. The number of amides is 1. The number of nitrogens with one attached hydrogen (secondary N) is 1. The minimum atomic E-state index is -0.490. The minimum Gasteiger partial charge on any atom is -0.444 e. The Labute approximate surface area is 108 Å². The third-order valence-electron chi connectivity index (χ3n) is 2.67. The van der Waals surface area contributed by atoms with E-state index in [9.17, 15) is 9.59 Å². The lowest BCUT2D eigenvalue weighted by atomic mass is 9.83. The zero-order chi connectivity index (χ0) is 13.8. The molecule has 0 saturated heterocycles. The molecule has 0 radical (unpaired) electrons. The molecule has 1 fully saturated rings. The Morgan fingerprint density at radius 2 is 2.06 bits per heavy atom. The van der Waals surface area contributed by atoms with E-state index in [1.807, 2.05) is 27.7 Å². The predicted octanol–water partition coefficient (Wildman–Crippen LogP) is 1.89. The number of ether oxygens (including phenoxy) is 2. The Kier molecular flexibility index (Phi) is 5.14. The standard InChI is InChI=1S/C13H23NO4/c1-9(14-12(16)18-13(2,3)4)8-17-11-5-10(6-11)7-15/h7,9-11H,5-6,8H2,1-4H3,(H,14,16). The van der Waals surface area contributed by atoms with Gasteiger partial charge in [0.25, 0.3) is 0 Å². The van der Waals surface area contributed by atoms with E-state index in [2.05, 4.69) is 5.32 Å². The summed E-state index contributed by atoms with van der Waals surface area (Å²) in [6.45, 7) is 7.76. The average Bonchev–Trinajstić information content (AvgIpc) is 2.12. The fourth-order valence-electron chi connectivity index (χ4n) is 1.68. The average molecular weight is 257 g/mol. The molecule has 0 bridgehead atoms. The Balaban J connectivity index is 2.12. The number of aldehydes is 1. The molecule has 0 aromatic carbocycles. The summed E-state index contributed by atoms with van der Waals surface area (Å²) in [5, 5.41) is 2.71. The van der Waals surface area contributed by atoms with Gasteiger partial charge in [0.2, 0.25) is 0 Å². The summed E-state index contributed by atoms with van der Waals surface area (Å²) in [4.78, 5) is 21.9. The zero-order valence-electron chi connectivity index (χ0n) is 11.6. The van der Waals surface area contributed by atoms with Crippen LogP contribution < -0.4 is 5.32 Å². The first-order chi connectivity index (χ1) is 8.30. The molecule has 1 saturated carbocycles. The zero-order valence-corrected chi connectivity index (χ0v) is 11.6. The van der Waals surface area contributed by atoms with Crippen LogP contribution in [0, 0.1) is 5.92 Å². The predicted molar refractivity (Wildman–Crippen MR) is 67.4 cm³/mol. The first kappa shape index (κ1) is 15.0. The maximum atomic E-state index is 11.5. The van der Waals surface area contributed by atoms with Gasteiger partial charge in [0.05, 0.1) is 18.8 Å². The lowest BCUT2D eigenvalue weighted by Crippen LogP contribution is -2.42. The van der Waals surface area contributed by atoms with Crippen molar-refractivity contribution < 1.29 is 19.1 Å². The van der Waals surface area contributed by atoms with Crippen LogP contribution in [0.5, 0.6) is 0 Å². The van der Waals surface area contributed by atoms with Crippen molar-refractivity contribution in [1.29, 1.82) is 0 Å². The number of hydrogen-bond acceptors (Lipinski definition) is 4. The van der Waals surface area contributed by atoms with Gasteiger partial charge in [0, 0.05) is 5.92 Å². The van der Waals surface area contributed by atoms with Crippen molar-refractivity contribution in [2.45, 2.75) is 58.3 Å². The minimum absolute atomic E-state index is 0.102. The molecule has 18 heavy (non-hydrogen) atoms. The first-order valence-electron chi connectivity index (χ1n) is 6.36. The van der Waals surface area contributed by atoms with Gasteiger partial charge in [-0.15, -0.1) is 0 Å². The van der Waals surface area contributed by atoms with E-state index >= 15 is 0 Å². The van der Waals surface area contributed by atoms with Crippen molar-refractivity contribution >= 4 is 12.4 Å². The van der Waals surface area contributed by atoms with Crippen LogP contribution in [0.25, 0.3) is 0 Å². The van der Waals surface area contributed by atoms with Gasteiger partial charge in [0.1, 0.15) is 11.9 Å². The van der Waals surface area contributed by atoms with E-state index in [1.165, 1.54) is 0 Å². The molecule has 1 N–H and O–H groups in total. The van der Waals surface area contributed by atoms with Gasteiger partial charge in [-0.1, -0.05) is 0 Å². The van der Waals surface area contributed by atoms with Gasteiger partial charge in [-0.2, -0.15) is 0 Å². The molecule has 1 aliphatic rings. The molecule has 1 atom stereocenters. The summed E-state index contributed by atoms with van der Waals surface area (Å²) in [5.41, 5.74) is -0.490. The molecule has 104 valence electrons. The van der Waals surface area contributed by atoms with Crippen LogP contribution in [-0.2, 0) is 14.3 Å². The summed E-state index contributed by atoms with van der Waals surface area (Å²) in [6.07, 6.45) is 2.29. The summed E-state index contributed by atoms with van der Waals surface area (Å²) >= 11 is 0. The third kappa shape index (κ3) is 5.49. The molecule has 0 aromatic rings. The van der Waals surface area contributed by atoms with Gasteiger partial charge >= 0.3 is 6.09 Å². The number of alkyl carbamates (subject to hydrolysis) is 1. The Hall–Kier alpha value is -1.10. The SMILES string of the molecule is CC(COC1CC(C=O)C1)NC(=O)OC(C)(C)C. The van der Waals surface area contributed by atoms with Crippen molar-refractivity contribution in [3.8, 4) is 0 Å². The van der Waals surface area contributed by atoms with Crippen molar-refractivity contribution in [1.82, 2.24) is 5.32 Å². The van der Waals surface area contributed by atoms with Crippen LogP contribution in [0.2, 0.25) is 0 Å². The van der Waals surface area contributed by atoms with Crippen LogP contribution >= 0.6 is 0 Å². The molecule has 1 unspecified atom stereocenters. The summed E-state index contributed by atoms with van der Waals surface area (Å²) in [6, 6.07) is -0.102. The number of carbonyl (C=O) groups excluding carboxylic acids is 2. The van der Waals surface area contributed by atoms with Crippen molar-refractivity contribution in [3.63, 3.8) is 0 Å². The van der Waals surface area contributed by atoms with Crippen molar-refractivity contribution in [2.24, 2.45) is 5.92 Å². The van der Waals surface area contributed by atoms with Crippen LogP contribution in [0.15, 0.2) is 0 Å². The summed E-state index contributed by atoms with van der Waals surface area (Å²) < 4.78 is 10.7. The maximum absolute atomic E-state index is 11.5. The maximum Gasteiger partial charge on any atom is 0.407 e. The normalized spacial score (nSPS) is 24.9. The van der Waals surface area contributed by atoms with Gasteiger partial charge in [-0.3, -0.25) is 0 Å². The van der Waals surface area contributed by atoms with E-state index in [0.717, 1.165) is 19.1 Å². The highest BCUT2D eigenvalue weighted by atomic mass is 16.6. The molecule has 0 aromatic heterocycles. The van der Waals surface area contributed by atoms with Gasteiger partial charge in [-0.05, 0) is 40.5 Å². The molecule has 1 aliphatic carbocycles. The molecule has 5 nitrogen and oxygen atoms in total. The van der Waals surface area contributed by atoms with Crippen LogP contribution in [0.4, 0.5) is 4.79 Å². The second-order valence-corrected chi connectivity index (χ2v) is 5.87. The molecule has 0 aliphatic heterocycles. The highest BCUT2D eigenvalue weighted by Gasteiger charge is 2.29. The lowest BCUT2D eigenvalue weighted by Gasteiger charge is -2.32. The summed E-state index contributed by atoms with van der Waals surface area (Å²) in [5.74, 6) is 0.157. The van der Waals surface area contributed by atoms with Gasteiger partial charge in [0.15, 0.2) is 0 Å². The monoisotopic (exact) mass is 257 g/mol. The Morgan fingerprint density at radius 1 is 1.44 bits per heavy atom. The van der Waals surface area contributed by atoms with E-state index in [-0.39, 0.29) is 18.1 Å². The molecule has 5 heteroatoms. The van der Waals surface area contributed by atoms with E-state index in [1.54, 1.807) is 0 Å². The Morgan fingerprint density at radius 3 is 2.56 bits per heavy atom. The summed E-state index contributed by atoms with van der Waals surface area (Å²) in [7, 11) is 0. The fraction of sp³-hybridized carbons (Fsp3) is 0.846. The molecule has 0 heterocycles. The number of hydrogen-bond donors (Lipinski definition) is 1. The first-order valence-corrected chi connectivity index (χ1v) is 6.36. The largest absolute Gasteiger partial charge is 0.444 e. The highest BCUT2D eigenvalue weighted by molar-refractivity contribution is 5.68. The Bertz CT molecular complexity index is 292. The molecular weight excluding hydrogens is 234 g/mol. The fourth-order valence-corrected chi connectivity index (χ4v) is 1.68.